The molecule has 0 saturated carbocycles. The molecular formula is C24H20ClN5O3. The number of amides is 1. The third-order valence-electron chi connectivity index (χ3n) is 4.95. The minimum Gasteiger partial charge on any atom is -0.346 e. The molecule has 0 aliphatic rings. The first-order valence-corrected chi connectivity index (χ1v) is 10.5. The van der Waals surface area contributed by atoms with E-state index in [-0.39, 0.29) is 13.1 Å². The maximum absolute atomic E-state index is 13.2. The first-order chi connectivity index (χ1) is 15.9. The predicted molar refractivity (Wildman–Crippen MR) is 125 cm³/mol. The van der Waals surface area contributed by atoms with Gasteiger partial charge in [0.05, 0.1) is 12.2 Å². The molecule has 8 nitrogen and oxygen atoms in total. The lowest BCUT2D eigenvalue weighted by Crippen LogP contribution is -2.46. The number of hydrogen-bond acceptors (Lipinski definition) is 5. The van der Waals surface area contributed by atoms with Gasteiger partial charge in [-0.25, -0.2) is 4.79 Å². The summed E-state index contributed by atoms with van der Waals surface area (Å²) in [5.74, 6) is -0.689. The summed E-state index contributed by atoms with van der Waals surface area (Å²) in [7, 11) is 0. The molecule has 0 unspecified atom stereocenters. The first kappa shape index (κ1) is 22.2. The first-order valence-electron chi connectivity index (χ1n) is 10.1. The van der Waals surface area contributed by atoms with Crippen molar-refractivity contribution >= 4 is 17.5 Å². The van der Waals surface area contributed by atoms with Gasteiger partial charge in [-0.3, -0.25) is 19.1 Å². The zero-order chi connectivity index (χ0) is 23.4. The molecule has 4 aromatic rings. The summed E-state index contributed by atoms with van der Waals surface area (Å²) in [6.45, 7) is 2.09. The van der Waals surface area contributed by atoms with Gasteiger partial charge < -0.3 is 5.32 Å². The molecule has 0 fully saturated rings. The van der Waals surface area contributed by atoms with Crippen LogP contribution in [0.1, 0.15) is 27.2 Å². The summed E-state index contributed by atoms with van der Waals surface area (Å²) in [5, 5.41) is 7.17. The van der Waals surface area contributed by atoms with Crippen LogP contribution in [0.5, 0.6) is 0 Å². The van der Waals surface area contributed by atoms with Crippen LogP contribution < -0.4 is 16.6 Å². The van der Waals surface area contributed by atoms with Crippen molar-refractivity contribution < 1.29 is 4.79 Å². The number of nitrogens with zero attached hydrogens (tertiary/aromatic N) is 4. The molecule has 0 saturated heterocycles. The fourth-order valence-electron chi connectivity index (χ4n) is 3.33. The van der Waals surface area contributed by atoms with Gasteiger partial charge in [-0.05, 0) is 48.4 Å². The molecule has 1 N–H and O–H groups in total. The van der Waals surface area contributed by atoms with Crippen LogP contribution in [0.25, 0.3) is 5.69 Å². The molecule has 9 heteroatoms. The molecule has 2 aromatic heterocycles. The molecule has 0 aliphatic heterocycles. The van der Waals surface area contributed by atoms with Gasteiger partial charge in [0.15, 0.2) is 0 Å². The Morgan fingerprint density at radius 3 is 2.48 bits per heavy atom. The largest absolute Gasteiger partial charge is 0.352 e. The van der Waals surface area contributed by atoms with Crippen LogP contribution in [-0.4, -0.2) is 25.2 Å². The number of rotatable bonds is 6. The van der Waals surface area contributed by atoms with Crippen LogP contribution in [0, 0.1) is 6.92 Å². The second kappa shape index (κ2) is 9.62. The highest BCUT2D eigenvalue weighted by Gasteiger charge is 2.20. The van der Waals surface area contributed by atoms with Crippen molar-refractivity contribution in [2.75, 3.05) is 0 Å². The Balaban J connectivity index is 1.79. The van der Waals surface area contributed by atoms with Crippen LogP contribution in [0.15, 0.2) is 82.6 Å². The quantitative estimate of drug-likeness (QED) is 0.476. The van der Waals surface area contributed by atoms with E-state index in [9.17, 15) is 14.4 Å². The summed E-state index contributed by atoms with van der Waals surface area (Å²) in [6, 6.07) is 17.4. The number of carbonyl (C=O) groups excluding carboxylic acids is 1. The number of aryl methyl sites for hydroxylation is 1. The lowest BCUT2D eigenvalue weighted by molar-refractivity contribution is 0.0941. The number of benzene rings is 2. The molecule has 1 amide bonds. The Morgan fingerprint density at radius 1 is 1.00 bits per heavy atom. The van der Waals surface area contributed by atoms with E-state index >= 15 is 0 Å². The van der Waals surface area contributed by atoms with E-state index in [0.717, 1.165) is 25.9 Å². The number of nitrogens with one attached hydrogen (secondary N) is 1. The van der Waals surface area contributed by atoms with E-state index in [0.29, 0.717) is 10.7 Å². The van der Waals surface area contributed by atoms with Gasteiger partial charge in [0.1, 0.15) is 0 Å². The fraction of sp³-hybridized carbons (Fsp3) is 0.125. The van der Waals surface area contributed by atoms with Crippen molar-refractivity contribution in [3.05, 3.63) is 121 Å². The van der Waals surface area contributed by atoms with Gasteiger partial charge in [-0.1, -0.05) is 47.5 Å². The highest BCUT2D eigenvalue weighted by molar-refractivity contribution is 6.30. The normalized spacial score (nSPS) is 10.7. The highest BCUT2D eigenvalue weighted by atomic mass is 35.5. The third-order valence-corrected chi connectivity index (χ3v) is 5.19. The number of carbonyl (C=O) groups is 1. The molecule has 0 spiro atoms. The van der Waals surface area contributed by atoms with Gasteiger partial charge in [-0.15, -0.1) is 0 Å². The standard InChI is InChI=1S/C24H20ClN5O3/c1-16-4-2-5-18(12-16)15-29-23(32)21(22(31)27-14-17-8-10-26-11-9-17)28-30(24(29)33)20-7-3-6-19(25)13-20/h2-13H,14-15H2,1H3,(H,27,31). The summed E-state index contributed by atoms with van der Waals surface area (Å²) in [5.41, 5.74) is 1.05. The maximum atomic E-state index is 13.2. The third kappa shape index (κ3) is 5.07. The molecule has 33 heavy (non-hydrogen) atoms. The molecule has 0 atom stereocenters. The molecule has 2 aromatic carbocycles. The Labute approximate surface area is 194 Å². The topological polar surface area (TPSA) is 98.9 Å². The molecule has 0 radical (unpaired) electrons. The SMILES string of the molecule is Cc1cccc(Cn2c(=O)c(C(=O)NCc3ccncc3)nn(-c3cccc(Cl)c3)c2=O)c1. The van der Waals surface area contributed by atoms with Crippen LogP contribution >= 0.6 is 11.6 Å². The number of aromatic nitrogens is 4. The number of hydrogen-bond donors (Lipinski definition) is 1. The second-order valence-corrected chi connectivity index (χ2v) is 7.88. The van der Waals surface area contributed by atoms with E-state index in [1.165, 1.54) is 6.07 Å². The van der Waals surface area contributed by atoms with E-state index in [4.69, 9.17) is 11.6 Å². The van der Waals surface area contributed by atoms with Gasteiger partial charge in [0, 0.05) is 24.0 Å². The van der Waals surface area contributed by atoms with Crippen molar-refractivity contribution in [1.29, 1.82) is 0 Å². The monoisotopic (exact) mass is 461 g/mol. The summed E-state index contributed by atoms with van der Waals surface area (Å²) < 4.78 is 2.02. The van der Waals surface area contributed by atoms with Crippen molar-refractivity contribution in [1.82, 2.24) is 24.6 Å². The minimum absolute atomic E-state index is 0.00688. The molecule has 166 valence electrons. The van der Waals surface area contributed by atoms with Crippen molar-refractivity contribution in [2.24, 2.45) is 0 Å². The van der Waals surface area contributed by atoms with Gasteiger partial charge >= 0.3 is 5.69 Å². The molecule has 2 heterocycles. The Kier molecular flexibility index (Phi) is 6.46. The fourth-order valence-corrected chi connectivity index (χ4v) is 3.52. The summed E-state index contributed by atoms with van der Waals surface area (Å²) in [6.07, 6.45) is 3.21. The lowest BCUT2D eigenvalue weighted by atomic mass is 10.1. The molecule has 0 aliphatic carbocycles. The second-order valence-electron chi connectivity index (χ2n) is 7.44. The van der Waals surface area contributed by atoms with Crippen molar-refractivity contribution in [3.63, 3.8) is 0 Å². The predicted octanol–water partition coefficient (Wildman–Crippen LogP) is 2.73. The summed E-state index contributed by atoms with van der Waals surface area (Å²) >= 11 is 6.09. The van der Waals surface area contributed by atoms with E-state index < -0.39 is 22.9 Å². The van der Waals surface area contributed by atoms with E-state index in [1.54, 1.807) is 42.7 Å². The smallest absolute Gasteiger partial charge is 0.346 e. The number of halogens is 1. The minimum atomic E-state index is -0.771. The maximum Gasteiger partial charge on any atom is 0.352 e. The van der Waals surface area contributed by atoms with Crippen LogP contribution in [0.3, 0.4) is 0 Å². The zero-order valence-electron chi connectivity index (χ0n) is 17.7. The Bertz CT molecular complexity index is 1430. The van der Waals surface area contributed by atoms with Gasteiger partial charge in [0.2, 0.25) is 5.69 Å². The average molecular weight is 462 g/mol. The molecule has 4 rings (SSSR count). The van der Waals surface area contributed by atoms with Gasteiger partial charge in [-0.2, -0.15) is 9.78 Å². The number of pyridine rings is 1. The molecule has 0 bridgehead atoms. The van der Waals surface area contributed by atoms with Gasteiger partial charge in [0.25, 0.3) is 11.5 Å². The van der Waals surface area contributed by atoms with Crippen LogP contribution in [-0.2, 0) is 13.1 Å². The summed E-state index contributed by atoms with van der Waals surface area (Å²) in [4.78, 5) is 43.3. The Morgan fingerprint density at radius 2 is 1.76 bits per heavy atom. The zero-order valence-corrected chi connectivity index (χ0v) is 18.5. The van der Waals surface area contributed by atoms with Crippen LogP contribution in [0.4, 0.5) is 0 Å². The molecular weight excluding hydrogens is 442 g/mol. The van der Waals surface area contributed by atoms with E-state index in [1.807, 2.05) is 31.2 Å². The van der Waals surface area contributed by atoms with E-state index in [2.05, 4.69) is 15.4 Å². The van der Waals surface area contributed by atoms with Crippen molar-refractivity contribution in [3.8, 4) is 5.69 Å². The van der Waals surface area contributed by atoms with Crippen LogP contribution in [0.2, 0.25) is 5.02 Å². The average Bonchev–Trinajstić information content (AvgIpc) is 2.81. The highest BCUT2D eigenvalue weighted by Crippen LogP contribution is 2.12. The van der Waals surface area contributed by atoms with Crippen molar-refractivity contribution in [2.45, 2.75) is 20.0 Å². The Hall–Kier alpha value is -4.04. The lowest BCUT2D eigenvalue weighted by Gasteiger charge is -2.13.